The van der Waals surface area contributed by atoms with E-state index in [-0.39, 0.29) is 0 Å². The standard InChI is InChI=1S/C9H16BrNOS/c10-7-9(1-2-9)8-11-3-5-13(12)6-4-11/h1-8H2. The maximum absolute atomic E-state index is 11.1. The molecule has 0 bridgehead atoms. The van der Waals surface area contributed by atoms with Crippen molar-refractivity contribution in [1.82, 2.24) is 4.90 Å². The molecule has 2 fully saturated rings. The molecule has 0 spiro atoms. The molecule has 1 saturated heterocycles. The fourth-order valence-corrected chi connectivity index (χ4v) is 3.68. The van der Waals surface area contributed by atoms with Crippen LogP contribution in [0.2, 0.25) is 0 Å². The minimum Gasteiger partial charge on any atom is -0.301 e. The monoisotopic (exact) mass is 265 g/mol. The summed E-state index contributed by atoms with van der Waals surface area (Å²) in [5.41, 5.74) is 0.582. The fourth-order valence-electron chi connectivity index (χ4n) is 1.82. The minimum atomic E-state index is -0.524. The molecule has 0 amide bonds. The lowest BCUT2D eigenvalue weighted by Gasteiger charge is -2.29. The molecule has 2 rings (SSSR count). The quantitative estimate of drug-likeness (QED) is 0.716. The van der Waals surface area contributed by atoms with Crippen molar-refractivity contribution in [3.63, 3.8) is 0 Å². The summed E-state index contributed by atoms with van der Waals surface area (Å²) in [6.07, 6.45) is 2.75. The molecule has 13 heavy (non-hydrogen) atoms. The molecule has 76 valence electrons. The first kappa shape index (κ1) is 10.1. The fraction of sp³-hybridized carbons (Fsp3) is 1.00. The van der Waals surface area contributed by atoms with Gasteiger partial charge in [0.25, 0.3) is 0 Å². The maximum Gasteiger partial charge on any atom is 0.0363 e. The van der Waals surface area contributed by atoms with E-state index in [0.29, 0.717) is 5.41 Å². The Balaban J connectivity index is 1.79. The molecule has 1 aliphatic carbocycles. The van der Waals surface area contributed by atoms with Crippen molar-refractivity contribution in [1.29, 1.82) is 0 Å². The third-order valence-corrected chi connectivity index (χ3v) is 5.54. The van der Waals surface area contributed by atoms with Gasteiger partial charge in [-0.15, -0.1) is 0 Å². The van der Waals surface area contributed by atoms with Crippen LogP contribution in [-0.2, 0) is 10.8 Å². The first-order valence-electron chi connectivity index (χ1n) is 4.87. The van der Waals surface area contributed by atoms with Crippen LogP contribution in [0.5, 0.6) is 0 Å². The smallest absolute Gasteiger partial charge is 0.0363 e. The van der Waals surface area contributed by atoms with E-state index in [9.17, 15) is 4.21 Å². The van der Waals surface area contributed by atoms with Gasteiger partial charge in [-0.2, -0.15) is 0 Å². The van der Waals surface area contributed by atoms with Crippen LogP contribution in [0.4, 0.5) is 0 Å². The Kier molecular flexibility index (Phi) is 3.11. The third-order valence-electron chi connectivity index (χ3n) is 3.07. The van der Waals surface area contributed by atoms with Gasteiger partial charge in [-0.3, -0.25) is 4.21 Å². The molecule has 2 nitrogen and oxygen atoms in total. The molecule has 0 aromatic carbocycles. The van der Waals surface area contributed by atoms with E-state index >= 15 is 0 Å². The van der Waals surface area contributed by atoms with E-state index in [1.807, 2.05) is 0 Å². The third kappa shape index (κ3) is 2.54. The van der Waals surface area contributed by atoms with Crippen molar-refractivity contribution in [3.05, 3.63) is 0 Å². The van der Waals surface area contributed by atoms with Gasteiger partial charge < -0.3 is 4.90 Å². The van der Waals surface area contributed by atoms with E-state index in [0.717, 1.165) is 29.9 Å². The van der Waals surface area contributed by atoms with Gasteiger partial charge in [0.1, 0.15) is 0 Å². The number of hydrogen-bond donors (Lipinski definition) is 0. The molecule has 2 aliphatic rings. The average Bonchev–Trinajstić information content (AvgIpc) is 2.90. The summed E-state index contributed by atoms with van der Waals surface area (Å²) in [6, 6.07) is 0. The van der Waals surface area contributed by atoms with Crippen molar-refractivity contribution < 1.29 is 4.21 Å². The highest BCUT2D eigenvalue weighted by atomic mass is 79.9. The predicted octanol–water partition coefficient (Wildman–Crippen LogP) is 1.23. The van der Waals surface area contributed by atoms with Crippen molar-refractivity contribution in [2.75, 3.05) is 36.5 Å². The first-order valence-corrected chi connectivity index (χ1v) is 7.48. The Hall–Kier alpha value is 0.590. The van der Waals surface area contributed by atoms with Crippen LogP contribution in [0.25, 0.3) is 0 Å². The van der Waals surface area contributed by atoms with E-state index in [4.69, 9.17) is 0 Å². The zero-order valence-corrected chi connectivity index (χ0v) is 10.2. The Labute approximate surface area is 90.6 Å². The Morgan fingerprint density at radius 1 is 1.31 bits per heavy atom. The molecule has 1 heterocycles. The van der Waals surface area contributed by atoms with Crippen molar-refractivity contribution in [2.45, 2.75) is 12.8 Å². The van der Waals surface area contributed by atoms with E-state index in [1.165, 1.54) is 19.4 Å². The molecular formula is C9H16BrNOS. The zero-order valence-electron chi connectivity index (χ0n) is 7.80. The lowest BCUT2D eigenvalue weighted by Crippen LogP contribution is -2.41. The van der Waals surface area contributed by atoms with Crippen LogP contribution in [0.3, 0.4) is 0 Å². The van der Waals surface area contributed by atoms with Crippen LogP contribution in [0, 0.1) is 5.41 Å². The normalized spacial score (nSPS) is 29.0. The molecule has 1 aliphatic heterocycles. The Bertz CT molecular complexity index is 208. The number of nitrogens with zero attached hydrogens (tertiary/aromatic N) is 1. The molecule has 0 atom stereocenters. The van der Waals surface area contributed by atoms with Gasteiger partial charge in [-0.05, 0) is 18.3 Å². The van der Waals surface area contributed by atoms with E-state index < -0.39 is 10.8 Å². The van der Waals surface area contributed by atoms with Crippen LogP contribution in [0.1, 0.15) is 12.8 Å². The highest BCUT2D eigenvalue weighted by Gasteiger charge is 2.42. The van der Waals surface area contributed by atoms with Gasteiger partial charge in [-0.25, -0.2) is 0 Å². The summed E-state index contributed by atoms with van der Waals surface area (Å²) in [6.45, 7) is 3.30. The highest BCUT2D eigenvalue weighted by Crippen LogP contribution is 2.47. The van der Waals surface area contributed by atoms with E-state index in [2.05, 4.69) is 20.8 Å². The molecule has 0 unspecified atom stereocenters. The van der Waals surface area contributed by atoms with Gasteiger partial charge in [0.15, 0.2) is 0 Å². The number of halogens is 1. The summed E-state index contributed by atoms with van der Waals surface area (Å²) in [7, 11) is -0.524. The van der Waals surface area contributed by atoms with Crippen LogP contribution in [-0.4, -0.2) is 45.6 Å². The largest absolute Gasteiger partial charge is 0.301 e. The number of alkyl halides is 1. The maximum atomic E-state index is 11.1. The Morgan fingerprint density at radius 2 is 1.92 bits per heavy atom. The SMILES string of the molecule is O=S1CCN(CC2(CBr)CC2)CC1. The van der Waals surface area contributed by atoms with Crippen molar-refractivity contribution in [3.8, 4) is 0 Å². The molecule has 4 heteroatoms. The van der Waals surface area contributed by atoms with E-state index in [1.54, 1.807) is 0 Å². The molecule has 0 radical (unpaired) electrons. The molecule has 0 N–H and O–H groups in total. The lowest BCUT2D eigenvalue weighted by atomic mass is 10.1. The topological polar surface area (TPSA) is 20.3 Å². The van der Waals surface area contributed by atoms with Gasteiger partial charge in [0.05, 0.1) is 0 Å². The molecule has 0 aromatic rings. The van der Waals surface area contributed by atoms with Crippen molar-refractivity contribution in [2.24, 2.45) is 5.41 Å². The second-order valence-electron chi connectivity index (χ2n) is 4.26. The predicted molar refractivity (Wildman–Crippen MR) is 59.8 cm³/mol. The van der Waals surface area contributed by atoms with Crippen LogP contribution >= 0.6 is 15.9 Å². The highest BCUT2D eigenvalue weighted by molar-refractivity contribution is 9.09. The summed E-state index contributed by atoms with van der Waals surface area (Å²) >= 11 is 3.59. The number of rotatable bonds is 3. The second-order valence-corrected chi connectivity index (χ2v) is 6.51. The van der Waals surface area contributed by atoms with Crippen LogP contribution < -0.4 is 0 Å². The number of hydrogen-bond acceptors (Lipinski definition) is 2. The first-order chi connectivity index (χ1) is 6.24. The molecule has 0 aromatic heterocycles. The van der Waals surface area contributed by atoms with Crippen LogP contribution in [0.15, 0.2) is 0 Å². The summed E-state index contributed by atoms with van der Waals surface area (Å²) < 4.78 is 11.1. The molecular weight excluding hydrogens is 250 g/mol. The summed E-state index contributed by atoms with van der Waals surface area (Å²) in [5.74, 6) is 1.77. The summed E-state index contributed by atoms with van der Waals surface area (Å²) in [4.78, 5) is 2.48. The zero-order chi connectivity index (χ0) is 9.31. The molecule has 1 saturated carbocycles. The van der Waals surface area contributed by atoms with Crippen molar-refractivity contribution >= 4 is 26.7 Å². The summed E-state index contributed by atoms with van der Waals surface area (Å²) in [5, 5.41) is 1.14. The lowest BCUT2D eigenvalue weighted by molar-refractivity contribution is 0.250. The Morgan fingerprint density at radius 3 is 2.38 bits per heavy atom. The average molecular weight is 266 g/mol. The van der Waals surface area contributed by atoms with Gasteiger partial charge in [-0.1, -0.05) is 15.9 Å². The minimum absolute atomic E-state index is 0.524. The second kappa shape index (κ2) is 3.99. The van der Waals surface area contributed by atoms with Gasteiger partial charge in [0, 0.05) is 47.3 Å². The van der Waals surface area contributed by atoms with Gasteiger partial charge >= 0.3 is 0 Å². The van der Waals surface area contributed by atoms with Gasteiger partial charge in [0.2, 0.25) is 0 Å².